The Morgan fingerprint density at radius 3 is 2.63 bits per heavy atom. The average Bonchev–Trinajstić information content (AvgIpc) is 2.40. The number of imide groups is 1. The van der Waals surface area contributed by atoms with E-state index in [0.717, 1.165) is 10.6 Å². The minimum absolute atomic E-state index is 0.141. The number of rotatable bonds is 4. The number of benzene rings is 1. The summed E-state index contributed by atoms with van der Waals surface area (Å²) in [5.74, 6) is 0.438. The molecule has 19 heavy (non-hydrogen) atoms. The zero-order valence-electron chi connectivity index (χ0n) is 11.2. The summed E-state index contributed by atoms with van der Waals surface area (Å²) in [7, 11) is 0. The largest absolute Gasteiger partial charge is 0.295 e. The number of piperazine rings is 1. The van der Waals surface area contributed by atoms with Gasteiger partial charge in [-0.2, -0.15) is 0 Å². The molecule has 1 aromatic carbocycles. The molecule has 0 aromatic heterocycles. The van der Waals surface area contributed by atoms with Crippen LogP contribution in [0, 0.1) is 0 Å². The SMILES string of the molecule is CC1(C)NCC(=O)N(CCSc2ccccc2)C1=O. The van der Waals surface area contributed by atoms with Gasteiger partial charge in [-0.05, 0) is 26.0 Å². The molecule has 2 rings (SSSR count). The summed E-state index contributed by atoms with van der Waals surface area (Å²) in [5, 5.41) is 2.95. The van der Waals surface area contributed by atoms with E-state index in [1.165, 1.54) is 4.90 Å². The van der Waals surface area contributed by atoms with Crippen LogP contribution in [0.3, 0.4) is 0 Å². The van der Waals surface area contributed by atoms with Gasteiger partial charge >= 0.3 is 0 Å². The minimum Gasteiger partial charge on any atom is -0.295 e. The number of hydrogen-bond acceptors (Lipinski definition) is 4. The smallest absolute Gasteiger partial charge is 0.248 e. The van der Waals surface area contributed by atoms with Crippen molar-refractivity contribution in [2.45, 2.75) is 24.3 Å². The number of amides is 2. The molecule has 0 saturated carbocycles. The van der Waals surface area contributed by atoms with Crippen molar-refractivity contribution in [3.05, 3.63) is 30.3 Å². The Morgan fingerprint density at radius 1 is 1.26 bits per heavy atom. The van der Waals surface area contributed by atoms with Crippen molar-refractivity contribution in [3.8, 4) is 0 Å². The van der Waals surface area contributed by atoms with E-state index in [1.807, 2.05) is 30.3 Å². The fourth-order valence-electron chi connectivity index (χ4n) is 1.92. The van der Waals surface area contributed by atoms with Crippen molar-refractivity contribution < 1.29 is 9.59 Å². The van der Waals surface area contributed by atoms with Gasteiger partial charge in [-0.15, -0.1) is 11.8 Å². The molecule has 102 valence electrons. The quantitative estimate of drug-likeness (QED) is 0.670. The number of carbonyl (C=O) groups excluding carboxylic acids is 2. The average molecular weight is 278 g/mol. The lowest BCUT2D eigenvalue weighted by Crippen LogP contribution is -2.63. The Balaban J connectivity index is 1.91. The van der Waals surface area contributed by atoms with Crippen LogP contribution in [0.2, 0.25) is 0 Å². The van der Waals surface area contributed by atoms with Crippen LogP contribution in [0.15, 0.2) is 35.2 Å². The Kier molecular flexibility index (Phi) is 4.27. The highest BCUT2D eigenvalue weighted by Gasteiger charge is 2.39. The lowest BCUT2D eigenvalue weighted by Gasteiger charge is -2.36. The van der Waals surface area contributed by atoms with Crippen LogP contribution in [-0.4, -0.2) is 41.1 Å². The van der Waals surface area contributed by atoms with E-state index in [1.54, 1.807) is 25.6 Å². The lowest BCUT2D eigenvalue weighted by atomic mass is 10.0. The van der Waals surface area contributed by atoms with Gasteiger partial charge in [0, 0.05) is 17.2 Å². The van der Waals surface area contributed by atoms with Gasteiger partial charge in [-0.1, -0.05) is 18.2 Å². The third kappa shape index (κ3) is 3.36. The van der Waals surface area contributed by atoms with E-state index in [-0.39, 0.29) is 18.4 Å². The van der Waals surface area contributed by atoms with Crippen molar-refractivity contribution in [3.63, 3.8) is 0 Å². The van der Waals surface area contributed by atoms with Crippen molar-refractivity contribution in [1.82, 2.24) is 10.2 Å². The molecule has 1 fully saturated rings. The second-order valence-corrected chi connectivity index (χ2v) is 6.16. The van der Waals surface area contributed by atoms with Crippen LogP contribution in [0.5, 0.6) is 0 Å². The van der Waals surface area contributed by atoms with Crippen LogP contribution in [-0.2, 0) is 9.59 Å². The topological polar surface area (TPSA) is 49.4 Å². The van der Waals surface area contributed by atoms with Gasteiger partial charge in [0.05, 0.1) is 12.1 Å². The van der Waals surface area contributed by atoms with Crippen molar-refractivity contribution in [1.29, 1.82) is 0 Å². The first-order valence-corrected chi connectivity index (χ1v) is 7.27. The maximum absolute atomic E-state index is 12.1. The van der Waals surface area contributed by atoms with Crippen LogP contribution in [0.4, 0.5) is 0 Å². The maximum atomic E-state index is 12.1. The molecule has 1 aliphatic rings. The number of thioether (sulfide) groups is 1. The van der Waals surface area contributed by atoms with E-state index in [2.05, 4.69) is 5.32 Å². The van der Waals surface area contributed by atoms with Crippen molar-refractivity contribution in [2.24, 2.45) is 0 Å². The Bertz CT molecular complexity index is 474. The molecule has 1 aliphatic heterocycles. The van der Waals surface area contributed by atoms with Gasteiger partial charge in [-0.25, -0.2) is 0 Å². The molecule has 0 aliphatic carbocycles. The zero-order valence-corrected chi connectivity index (χ0v) is 12.0. The number of nitrogens with zero attached hydrogens (tertiary/aromatic N) is 1. The monoisotopic (exact) mass is 278 g/mol. The molecule has 1 N–H and O–H groups in total. The molecule has 2 amide bonds. The molecule has 0 unspecified atom stereocenters. The first-order chi connectivity index (χ1) is 9.00. The van der Waals surface area contributed by atoms with Gasteiger partial charge in [0.2, 0.25) is 11.8 Å². The molecule has 0 spiro atoms. The van der Waals surface area contributed by atoms with Gasteiger partial charge in [0.15, 0.2) is 0 Å². The molecule has 1 aromatic rings. The second kappa shape index (κ2) is 5.75. The van der Waals surface area contributed by atoms with E-state index < -0.39 is 5.54 Å². The summed E-state index contributed by atoms with van der Waals surface area (Å²) in [6, 6.07) is 9.97. The van der Waals surface area contributed by atoms with Crippen molar-refractivity contribution in [2.75, 3.05) is 18.8 Å². The van der Waals surface area contributed by atoms with Crippen LogP contribution in [0.25, 0.3) is 0 Å². The predicted molar refractivity (Wildman–Crippen MR) is 76.0 cm³/mol. The van der Waals surface area contributed by atoms with E-state index in [0.29, 0.717) is 6.54 Å². The Hall–Kier alpha value is -1.33. The molecule has 0 atom stereocenters. The number of hydrogen-bond donors (Lipinski definition) is 1. The molecule has 1 saturated heterocycles. The van der Waals surface area contributed by atoms with Gasteiger partial charge in [0.1, 0.15) is 0 Å². The van der Waals surface area contributed by atoms with Gasteiger partial charge in [-0.3, -0.25) is 19.8 Å². The standard InChI is InChI=1S/C14H18N2O2S/c1-14(2)13(18)16(12(17)10-15-14)8-9-19-11-6-4-3-5-7-11/h3-7,15H,8-10H2,1-2H3. The Morgan fingerprint density at radius 2 is 1.95 bits per heavy atom. The summed E-state index contributed by atoms with van der Waals surface area (Å²) in [5.41, 5.74) is -0.647. The normalized spacial score (nSPS) is 18.7. The summed E-state index contributed by atoms with van der Waals surface area (Å²) in [4.78, 5) is 26.4. The number of carbonyl (C=O) groups is 2. The molecular formula is C14H18N2O2S. The van der Waals surface area contributed by atoms with E-state index in [9.17, 15) is 9.59 Å². The molecule has 0 bridgehead atoms. The van der Waals surface area contributed by atoms with Crippen molar-refractivity contribution >= 4 is 23.6 Å². The molecular weight excluding hydrogens is 260 g/mol. The zero-order chi connectivity index (χ0) is 13.9. The second-order valence-electron chi connectivity index (χ2n) is 4.99. The third-order valence-corrected chi connectivity index (χ3v) is 4.08. The van der Waals surface area contributed by atoms with E-state index >= 15 is 0 Å². The van der Waals surface area contributed by atoms with E-state index in [4.69, 9.17) is 0 Å². The van der Waals surface area contributed by atoms with Gasteiger partial charge < -0.3 is 0 Å². The summed E-state index contributed by atoms with van der Waals surface area (Å²) in [6.07, 6.45) is 0. The number of nitrogens with one attached hydrogen (secondary N) is 1. The summed E-state index contributed by atoms with van der Waals surface area (Å²) >= 11 is 1.65. The van der Waals surface area contributed by atoms with Crippen LogP contribution in [0.1, 0.15) is 13.8 Å². The lowest BCUT2D eigenvalue weighted by molar-refractivity contribution is -0.152. The first-order valence-electron chi connectivity index (χ1n) is 6.28. The highest BCUT2D eigenvalue weighted by Crippen LogP contribution is 2.19. The minimum atomic E-state index is -0.647. The highest BCUT2D eigenvalue weighted by molar-refractivity contribution is 7.99. The van der Waals surface area contributed by atoms with Crippen LogP contribution < -0.4 is 5.32 Å². The Labute approximate surface area is 117 Å². The molecule has 0 radical (unpaired) electrons. The highest BCUT2D eigenvalue weighted by atomic mass is 32.2. The molecule has 4 nitrogen and oxygen atoms in total. The van der Waals surface area contributed by atoms with Crippen LogP contribution >= 0.6 is 11.8 Å². The fraction of sp³-hybridized carbons (Fsp3) is 0.429. The van der Waals surface area contributed by atoms with Gasteiger partial charge in [0.25, 0.3) is 0 Å². The summed E-state index contributed by atoms with van der Waals surface area (Å²) in [6.45, 7) is 4.30. The predicted octanol–water partition coefficient (Wildman–Crippen LogP) is 1.52. The first kappa shape index (κ1) is 14.1. The fourth-order valence-corrected chi connectivity index (χ4v) is 2.78. The molecule has 5 heteroatoms. The maximum Gasteiger partial charge on any atom is 0.248 e. The molecule has 1 heterocycles. The third-order valence-electron chi connectivity index (χ3n) is 3.09. The summed E-state index contributed by atoms with van der Waals surface area (Å²) < 4.78 is 0.